The molecule has 1 aliphatic heterocycles. The van der Waals surface area contributed by atoms with Crippen molar-refractivity contribution in [1.29, 1.82) is 0 Å². The van der Waals surface area contributed by atoms with Crippen LogP contribution in [-0.4, -0.2) is 81.8 Å². The summed E-state index contributed by atoms with van der Waals surface area (Å²) in [5.41, 5.74) is 2.33. The molecule has 1 aromatic carbocycles. The number of nitrogens with zero attached hydrogens (tertiary/aromatic N) is 4. The van der Waals surface area contributed by atoms with Crippen LogP contribution in [-0.2, 0) is 15.0 Å². The zero-order valence-corrected chi connectivity index (χ0v) is 17.2. The quantitative estimate of drug-likeness (QED) is 0.739. The van der Waals surface area contributed by atoms with E-state index in [0.717, 1.165) is 35.1 Å². The maximum Gasteiger partial charge on any atom is 0.304 e. The van der Waals surface area contributed by atoms with E-state index in [2.05, 4.69) is 11.8 Å². The SMILES string of the molecule is CCN1CCN(C(=O)CN(c2cc(C)ccc2C)S(=O)(=O)N(C)C)CC1. The third-order valence-electron chi connectivity index (χ3n) is 4.82. The largest absolute Gasteiger partial charge is 0.339 e. The lowest BCUT2D eigenvalue weighted by Crippen LogP contribution is -2.52. The molecule has 1 amide bonds. The van der Waals surface area contributed by atoms with Crippen molar-refractivity contribution in [2.45, 2.75) is 20.8 Å². The van der Waals surface area contributed by atoms with E-state index in [1.54, 1.807) is 4.90 Å². The van der Waals surface area contributed by atoms with E-state index in [9.17, 15) is 13.2 Å². The molecular weight excluding hydrogens is 352 g/mol. The second-order valence-electron chi connectivity index (χ2n) is 6.90. The standard InChI is InChI=1S/C18H30N4O3S/c1-6-20-9-11-21(12-10-20)18(23)14-22(26(24,25)19(4)5)17-13-15(2)7-8-16(17)3/h7-8,13H,6,9-12,14H2,1-5H3. The first kappa shape index (κ1) is 20.7. The van der Waals surface area contributed by atoms with E-state index in [0.29, 0.717) is 18.8 Å². The van der Waals surface area contributed by atoms with Gasteiger partial charge in [-0.3, -0.25) is 4.79 Å². The third kappa shape index (κ3) is 4.55. The number of benzene rings is 1. The molecule has 146 valence electrons. The predicted molar refractivity (Wildman–Crippen MR) is 105 cm³/mol. The van der Waals surface area contributed by atoms with E-state index >= 15 is 0 Å². The van der Waals surface area contributed by atoms with Crippen molar-refractivity contribution in [2.75, 3.05) is 57.7 Å². The van der Waals surface area contributed by atoms with Crippen molar-refractivity contribution in [2.24, 2.45) is 0 Å². The van der Waals surface area contributed by atoms with Crippen LogP contribution in [0.5, 0.6) is 0 Å². The highest BCUT2D eigenvalue weighted by Gasteiger charge is 2.31. The number of aryl methyl sites for hydroxylation is 2. The Kier molecular flexibility index (Phi) is 6.65. The first-order valence-corrected chi connectivity index (χ1v) is 10.3. The van der Waals surface area contributed by atoms with Crippen LogP contribution in [0.4, 0.5) is 5.69 Å². The maximum absolute atomic E-state index is 12.9. The van der Waals surface area contributed by atoms with Gasteiger partial charge in [-0.25, -0.2) is 4.31 Å². The molecule has 1 fully saturated rings. The van der Waals surface area contributed by atoms with Crippen molar-refractivity contribution >= 4 is 21.8 Å². The Morgan fingerprint density at radius 2 is 1.73 bits per heavy atom. The molecule has 2 rings (SSSR count). The lowest BCUT2D eigenvalue weighted by Gasteiger charge is -2.36. The summed E-state index contributed by atoms with van der Waals surface area (Å²) in [5.74, 6) is -0.160. The first-order chi connectivity index (χ1) is 12.2. The van der Waals surface area contributed by atoms with E-state index in [1.165, 1.54) is 18.4 Å². The fourth-order valence-electron chi connectivity index (χ4n) is 3.01. The molecule has 0 aliphatic carbocycles. The van der Waals surface area contributed by atoms with Gasteiger partial charge in [-0.05, 0) is 37.6 Å². The van der Waals surface area contributed by atoms with Crippen LogP contribution in [0, 0.1) is 13.8 Å². The number of piperazine rings is 1. The summed E-state index contributed by atoms with van der Waals surface area (Å²) in [6.45, 7) is 9.57. The fourth-order valence-corrected chi connectivity index (χ4v) is 4.13. The van der Waals surface area contributed by atoms with Crippen LogP contribution in [0.3, 0.4) is 0 Å². The zero-order valence-electron chi connectivity index (χ0n) is 16.4. The van der Waals surface area contributed by atoms with Crippen molar-refractivity contribution in [3.05, 3.63) is 29.3 Å². The van der Waals surface area contributed by atoms with Gasteiger partial charge in [0.2, 0.25) is 5.91 Å². The van der Waals surface area contributed by atoms with Crippen molar-refractivity contribution < 1.29 is 13.2 Å². The third-order valence-corrected chi connectivity index (χ3v) is 6.63. The zero-order chi connectivity index (χ0) is 19.5. The van der Waals surface area contributed by atoms with Crippen LogP contribution >= 0.6 is 0 Å². The molecule has 0 bridgehead atoms. The number of carbonyl (C=O) groups excluding carboxylic acids is 1. The van der Waals surface area contributed by atoms with Gasteiger partial charge in [-0.1, -0.05) is 19.1 Å². The average Bonchev–Trinajstić information content (AvgIpc) is 2.61. The van der Waals surface area contributed by atoms with Gasteiger partial charge in [0.1, 0.15) is 6.54 Å². The molecule has 0 unspecified atom stereocenters. The number of amides is 1. The Labute approximate surface area is 157 Å². The van der Waals surface area contributed by atoms with Gasteiger partial charge in [0.15, 0.2) is 0 Å². The summed E-state index contributed by atoms with van der Waals surface area (Å²) in [4.78, 5) is 16.9. The van der Waals surface area contributed by atoms with Crippen LogP contribution < -0.4 is 4.31 Å². The number of hydrogen-bond acceptors (Lipinski definition) is 4. The maximum atomic E-state index is 12.9. The Morgan fingerprint density at radius 3 is 2.27 bits per heavy atom. The van der Waals surface area contributed by atoms with E-state index in [-0.39, 0.29) is 12.5 Å². The Hall–Kier alpha value is -1.64. The molecule has 1 aromatic rings. The van der Waals surface area contributed by atoms with Crippen LogP contribution in [0.2, 0.25) is 0 Å². The molecule has 0 atom stereocenters. The van der Waals surface area contributed by atoms with Crippen molar-refractivity contribution in [3.8, 4) is 0 Å². The monoisotopic (exact) mass is 382 g/mol. The van der Waals surface area contributed by atoms with Gasteiger partial charge in [-0.2, -0.15) is 12.7 Å². The molecule has 7 nitrogen and oxygen atoms in total. The van der Waals surface area contributed by atoms with Gasteiger partial charge in [0.25, 0.3) is 0 Å². The summed E-state index contributed by atoms with van der Waals surface area (Å²) >= 11 is 0. The molecule has 0 saturated carbocycles. The Bertz CT molecular complexity index is 741. The van der Waals surface area contributed by atoms with Crippen LogP contribution in [0.1, 0.15) is 18.1 Å². The summed E-state index contributed by atoms with van der Waals surface area (Å²) in [6, 6.07) is 5.64. The molecule has 1 saturated heterocycles. The number of likely N-dealkylation sites (N-methyl/N-ethyl adjacent to an activating group) is 1. The van der Waals surface area contributed by atoms with E-state index < -0.39 is 10.2 Å². The summed E-state index contributed by atoms with van der Waals surface area (Å²) in [6.07, 6.45) is 0. The summed E-state index contributed by atoms with van der Waals surface area (Å²) in [7, 11) is -0.804. The topological polar surface area (TPSA) is 64.2 Å². The van der Waals surface area contributed by atoms with Gasteiger partial charge in [0, 0.05) is 40.3 Å². The molecule has 0 N–H and O–H groups in total. The number of carbonyl (C=O) groups is 1. The molecule has 0 aromatic heterocycles. The number of anilines is 1. The molecule has 1 heterocycles. The van der Waals surface area contributed by atoms with E-state index in [1.807, 2.05) is 32.0 Å². The van der Waals surface area contributed by atoms with Gasteiger partial charge < -0.3 is 9.80 Å². The molecule has 8 heteroatoms. The number of rotatable bonds is 6. The molecule has 0 radical (unpaired) electrons. The minimum absolute atomic E-state index is 0.160. The lowest BCUT2D eigenvalue weighted by atomic mass is 10.1. The summed E-state index contributed by atoms with van der Waals surface area (Å²) < 4.78 is 28.1. The second-order valence-corrected chi connectivity index (χ2v) is 8.97. The summed E-state index contributed by atoms with van der Waals surface area (Å²) in [5, 5.41) is 0. The minimum Gasteiger partial charge on any atom is -0.339 e. The average molecular weight is 383 g/mol. The van der Waals surface area contributed by atoms with Gasteiger partial charge in [0.05, 0.1) is 5.69 Å². The Balaban J connectivity index is 2.28. The molecule has 1 aliphatic rings. The minimum atomic E-state index is -3.77. The van der Waals surface area contributed by atoms with Crippen molar-refractivity contribution in [1.82, 2.24) is 14.1 Å². The molecule has 26 heavy (non-hydrogen) atoms. The fraction of sp³-hybridized carbons (Fsp3) is 0.611. The Morgan fingerprint density at radius 1 is 1.12 bits per heavy atom. The van der Waals surface area contributed by atoms with Crippen molar-refractivity contribution in [3.63, 3.8) is 0 Å². The highest BCUT2D eigenvalue weighted by atomic mass is 32.2. The van der Waals surface area contributed by atoms with Crippen LogP contribution in [0.25, 0.3) is 0 Å². The second kappa shape index (κ2) is 8.37. The lowest BCUT2D eigenvalue weighted by molar-refractivity contribution is -0.131. The molecule has 0 spiro atoms. The highest BCUT2D eigenvalue weighted by molar-refractivity contribution is 7.90. The first-order valence-electron chi connectivity index (χ1n) is 8.94. The number of hydrogen-bond donors (Lipinski definition) is 0. The highest BCUT2D eigenvalue weighted by Crippen LogP contribution is 2.25. The molecular formula is C18H30N4O3S. The normalized spacial score (nSPS) is 16.2. The van der Waals surface area contributed by atoms with Gasteiger partial charge in [-0.15, -0.1) is 0 Å². The predicted octanol–water partition coefficient (Wildman–Crippen LogP) is 1.08. The smallest absolute Gasteiger partial charge is 0.304 e. The van der Waals surface area contributed by atoms with Gasteiger partial charge >= 0.3 is 10.2 Å². The van der Waals surface area contributed by atoms with Crippen LogP contribution in [0.15, 0.2) is 18.2 Å². The van der Waals surface area contributed by atoms with E-state index in [4.69, 9.17) is 0 Å².